The third-order valence-corrected chi connectivity index (χ3v) is 5.65. The summed E-state index contributed by atoms with van der Waals surface area (Å²) in [6.45, 7) is 0. The molecule has 0 amide bonds. The maximum Gasteiger partial charge on any atom is 0.129 e. The molecule has 2 aromatic rings. The van der Waals surface area contributed by atoms with Crippen LogP contribution >= 0.6 is 31.9 Å². The van der Waals surface area contributed by atoms with Crippen molar-refractivity contribution in [2.24, 2.45) is 0 Å². The summed E-state index contributed by atoms with van der Waals surface area (Å²) in [7, 11) is 0. The van der Waals surface area contributed by atoms with E-state index < -0.39 is 17.0 Å². The highest BCUT2D eigenvalue weighted by Gasteiger charge is 2.33. The van der Waals surface area contributed by atoms with E-state index in [0.717, 1.165) is 6.07 Å². The van der Waals surface area contributed by atoms with Crippen LogP contribution in [0.5, 0.6) is 0 Å². The highest BCUT2D eigenvalue weighted by Crippen LogP contribution is 2.35. The molecule has 0 aromatic heterocycles. The molecular weight excluding hydrogens is 409 g/mol. The minimum Gasteiger partial charge on any atom is -0.207 e. The molecule has 2 aromatic carbocycles. The lowest BCUT2D eigenvalue weighted by Gasteiger charge is -2.31. The van der Waals surface area contributed by atoms with Crippen LogP contribution in [0.4, 0.5) is 13.2 Å². The van der Waals surface area contributed by atoms with E-state index in [1.807, 2.05) is 0 Å². The molecule has 0 radical (unpaired) electrons. The Kier molecular flexibility index (Phi) is 5.49. The van der Waals surface area contributed by atoms with Crippen LogP contribution < -0.4 is 0 Å². The molecule has 0 saturated carbocycles. The fourth-order valence-corrected chi connectivity index (χ4v) is 4.22. The van der Waals surface area contributed by atoms with Crippen LogP contribution in [0.15, 0.2) is 42.5 Å². The van der Waals surface area contributed by atoms with Gasteiger partial charge in [0, 0.05) is 22.1 Å². The van der Waals surface area contributed by atoms with Crippen molar-refractivity contribution in [3.8, 4) is 0 Å². The molecule has 0 aliphatic rings. The summed E-state index contributed by atoms with van der Waals surface area (Å²) in [5, 5.41) is 0.895. The zero-order chi connectivity index (χ0) is 15.5. The standard InChI is InChI=1S/C16H13Br2F3/c17-9-16(10-18,13-3-1-2-4-14(13)20)8-11-5-6-12(19)7-15(11)21/h1-7H,8-10H2. The fourth-order valence-electron chi connectivity index (χ4n) is 2.29. The Morgan fingerprint density at radius 1 is 0.857 bits per heavy atom. The summed E-state index contributed by atoms with van der Waals surface area (Å²) in [4.78, 5) is 0. The lowest BCUT2D eigenvalue weighted by molar-refractivity contribution is 0.484. The first kappa shape index (κ1) is 16.6. The fraction of sp³-hybridized carbons (Fsp3) is 0.250. The number of halogens is 5. The predicted octanol–water partition coefficient (Wildman–Crippen LogP) is 5.37. The first-order valence-corrected chi connectivity index (χ1v) is 8.57. The van der Waals surface area contributed by atoms with Crippen LogP contribution in [-0.2, 0) is 11.8 Å². The SMILES string of the molecule is Fc1ccc(CC(CBr)(CBr)c2ccccc2F)c(F)c1. The summed E-state index contributed by atoms with van der Waals surface area (Å²) < 4.78 is 41.0. The molecule has 0 N–H and O–H groups in total. The van der Waals surface area contributed by atoms with E-state index in [-0.39, 0.29) is 12.2 Å². The van der Waals surface area contributed by atoms with Gasteiger partial charge in [0.25, 0.3) is 0 Å². The zero-order valence-corrected chi connectivity index (χ0v) is 14.2. The van der Waals surface area contributed by atoms with Crippen molar-refractivity contribution in [3.05, 3.63) is 71.0 Å². The molecule has 0 bridgehead atoms. The van der Waals surface area contributed by atoms with Crippen molar-refractivity contribution in [1.29, 1.82) is 0 Å². The molecule has 0 fully saturated rings. The smallest absolute Gasteiger partial charge is 0.129 e. The van der Waals surface area contributed by atoms with Gasteiger partial charge in [-0.05, 0) is 29.7 Å². The Bertz CT molecular complexity index is 625. The average molecular weight is 422 g/mol. The number of rotatable bonds is 5. The van der Waals surface area contributed by atoms with Crippen molar-refractivity contribution in [2.75, 3.05) is 10.7 Å². The number of benzene rings is 2. The van der Waals surface area contributed by atoms with Gasteiger partial charge in [-0.3, -0.25) is 0 Å². The van der Waals surface area contributed by atoms with Crippen molar-refractivity contribution >= 4 is 31.9 Å². The summed E-state index contributed by atoms with van der Waals surface area (Å²) >= 11 is 6.81. The van der Waals surface area contributed by atoms with Gasteiger partial charge in [-0.25, -0.2) is 13.2 Å². The quantitative estimate of drug-likeness (QED) is 0.569. The third-order valence-electron chi connectivity index (χ3n) is 3.50. The van der Waals surface area contributed by atoms with E-state index in [4.69, 9.17) is 0 Å². The van der Waals surface area contributed by atoms with Crippen molar-refractivity contribution in [1.82, 2.24) is 0 Å². The van der Waals surface area contributed by atoms with Crippen LogP contribution in [0.2, 0.25) is 0 Å². The van der Waals surface area contributed by atoms with Gasteiger partial charge in [0.05, 0.1) is 0 Å². The number of hydrogen-bond donors (Lipinski definition) is 0. The molecule has 0 aliphatic carbocycles. The van der Waals surface area contributed by atoms with Crippen LogP contribution in [0, 0.1) is 17.5 Å². The molecule has 112 valence electrons. The minimum absolute atomic E-state index is 0.260. The second-order valence-electron chi connectivity index (χ2n) is 4.94. The summed E-state index contributed by atoms with van der Waals surface area (Å²) in [6, 6.07) is 9.92. The van der Waals surface area contributed by atoms with Gasteiger partial charge in [-0.2, -0.15) is 0 Å². The van der Waals surface area contributed by atoms with Gasteiger partial charge in [-0.15, -0.1) is 0 Å². The normalized spacial score (nSPS) is 11.7. The van der Waals surface area contributed by atoms with E-state index in [1.165, 1.54) is 18.2 Å². The minimum atomic E-state index is -0.649. The Morgan fingerprint density at radius 3 is 2.10 bits per heavy atom. The summed E-state index contributed by atoms with van der Waals surface area (Å²) in [5.74, 6) is -1.57. The molecule has 5 heteroatoms. The van der Waals surface area contributed by atoms with E-state index >= 15 is 0 Å². The van der Waals surface area contributed by atoms with E-state index in [2.05, 4.69) is 31.9 Å². The second-order valence-corrected chi connectivity index (χ2v) is 6.06. The van der Waals surface area contributed by atoms with Crippen LogP contribution in [0.1, 0.15) is 11.1 Å². The molecule has 0 atom stereocenters. The highest BCUT2D eigenvalue weighted by molar-refractivity contribution is 9.09. The van der Waals surface area contributed by atoms with Gasteiger partial charge in [0.2, 0.25) is 0 Å². The summed E-state index contributed by atoms with van der Waals surface area (Å²) in [5.41, 5.74) is 0.213. The molecule has 0 spiro atoms. The number of alkyl halides is 2. The summed E-state index contributed by atoms with van der Waals surface area (Å²) in [6.07, 6.45) is 0.260. The molecule has 0 saturated heterocycles. The maximum atomic E-state index is 14.1. The van der Waals surface area contributed by atoms with Crippen LogP contribution in [-0.4, -0.2) is 10.7 Å². The molecule has 0 aliphatic heterocycles. The Morgan fingerprint density at radius 2 is 1.52 bits per heavy atom. The van der Waals surface area contributed by atoms with Gasteiger partial charge < -0.3 is 0 Å². The zero-order valence-electron chi connectivity index (χ0n) is 11.1. The van der Waals surface area contributed by atoms with E-state index in [0.29, 0.717) is 21.8 Å². The van der Waals surface area contributed by atoms with Crippen LogP contribution in [0.3, 0.4) is 0 Å². The Hall–Kier alpha value is -0.810. The third kappa shape index (κ3) is 3.51. The van der Waals surface area contributed by atoms with Crippen LogP contribution in [0.25, 0.3) is 0 Å². The first-order valence-electron chi connectivity index (χ1n) is 6.33. The first-order chi connectivity index (χ1) is 10.0. The van der Waals surface area contributed by atoms with Gasteiger partial charge in [0.1, 0.15) is 17.5 Å². The largest absolute Gasteiger partial charge is 0.207 e. The highest BCUT2D eigenvalue weighted by atomic mass is 79.9. The lowest BCUT2D eigenvalue weighted by Crippen LogP contribution is -2.34. The van der Waals surface area contributed by atoms with Gasteiger partial charge in [0.15, 0.2) is 0 Å². The maximum absolute atomic E-state index is 14.1. The lowest BCUT2D eigenvalue weighted by atomic mass is 9.78. The van der Waals surface area contributed by atoms with E-state index in [1.54, 1.807) is 18.2 Å². The number of hydrogen-bond acceptors (Lipinski definition) is 0. The van der Waals surface area contributed by atoms with Crippen molar-refractivity contribution in [3.63, 3.8) is 0 Å². The molecule has 0 unspecified atom stereocenters. The Labute approximate surface area is 138 Å². The average Bonchev–Trinajstić information content (AvgIpc) is 2.48. The second kappa shape index (κ2) is 6.97. The van der Waals surface area contributed by atoms with E-state index in [9.17, 15) is 13.2 Å². The molecule has 0 nitrogen and oxygen atoms in total. The van der Waals surface area contributed by atoms with Crippen molar-refractivity contribution < 1.29 is 13.2 Å². The molecule has 2 rings (SSSR count). The molecule has 21 heavy (non-hydrogen) atoms. The molecule has 0 heterocycles. The Balaban J connectivity index is 2.46. The van der Waals surface area contributed by atoms with Gasteiger partial charge >= 0.3 is 0 Å². The topological polar surface area (TPSA) is 0 Å². The monoisotopic (exact) mass is 420 g/mol. The van der Waals surface area contributed by atoms with Gasteiger partial charge in [-0.1, -0.05) is 56.1 Å². The predicted molar refractivity (Wildman–Crippen MR) is 85.7 cm³/mol. The molecular formula is C16H13Br2F3. The van der Waals surface area contributed by atoms with Crippen molar-refractivity contribution in [2.45, 2.75) is 11.8 Å².